The standard InChI is InChI=1S/C22H17ClF2N8O3/c1-11(15-5-13(24)7-27-18(15)25)36-22(35)32-20-16(10-30-33(20)2)19-28-8-14(9-29-19)31-21(34)12-3-4-17(23)26-6-12/h3-11H,1-2H3,(H,31,34)(H,32,35)/t11-/m1/s1. The molecule has 184 valence electrons. The first-order valence-electron chi connectivity index (χ1n) is 10.3. The molecule has 0 aliphatic carbocycles. The molecule has 4 aromatic heterocycles. The Morgan fingerprint density at radius 1 is 1.03 bits per heavy atom. The van der Waals surface area contributed by atoms with Gasteiger partial charge in [0.15, 0.2) is 5.82 Å². The van der Waals surface area contributed by atoms with E-state index in [1.54, 1.807) is 7.05 Å². The summed E-state index contributed by atoms with van der Waals surface area (Å²) in [6.45, 7) is 1.37. The summed E-state index contributed by atoms with van der Waals surface area (Å²) in [5, 5.41) is 9.48. The summed E-state index contributed by atoms with van der Waals surface area (Å²) in [6.07, 6.45) is 4.15. The summed E-state index contributed by atoms with van der Waals surface area (Å²) in [7, 11) is 1.56. The van der Waals surface area contributed by atoms with Gasteiger partial charge >= 0.3 is 6.09 Å². The molecule has 0 bridgehead atoms. The number of hydrogen-bond acceptors (Lipinski definition) is 8. The maximum atomic E-state index is 13.9. The van der Waals surface area contributed by atoms with Crippen molar-refractivity contribution in [2.45, 2.75) is 13.0 Å². The number of ether oxygens (including phenoxy) is 1. The second kappa shape index (κ2) is 10.4. The minimum atomic E-state index is -1.13. The van der Waals surface area contributed by atoms with Crippen molar-refractivity contribution in [3.8, 4) is 11.4 Å². The number of hydrogen-bond donors (Lipinski definition) is 2. The highest BCUT2D eigenvalue weighted by atomic mass is 35.5. The first kappa shape index (κ1) is 24.6. The fourth-order valence-electron chi connectivity index (χ4n) is 3.07. The number of amides is 2. The first-order valence-corrected chi connectivity index (χ1v) is 10.6. The number of anilines is 2. The highest BCUT2D eigenvalue weighted by molar-refractivity contribution is 6.29. The highest BCUT2D eigenvalue weighted by Crippen LogP contribution is 2.26. The van der Waals surface area contributed by atoms with Gasteiger partial charge in [0, 0.05) is 13.2 Å². The summed E-state index contributed by atoms with van der Waals surface area (Å²) in [5.74, 6) is -1.77. The van der Waals surface area contributed by atoms with Gasteiger partial charge in [-0.25, -0.2) is 29.1 Å². The van der Waals surface area contributed by atoms with Gasteiger partial charge in [0.25, 0.3) is 5.91 Å². The predicted octanol–water partition coefficient (Wildman–Crippen LogP) is 4.16. The Morgan fingerprint density at radius 3 is 2.47 bits per heavy atom. The minimum Gasteiger partial charge on any atom is -0.441 e. The molecule has 11 nitrogen and oxygen atoms in total. The van der Waals surface area contributed by atoms with Crippen LogP contribution in [0.25, 0.3) is 11.4 Å². The van der Waals surface area contributed by atoms with Crippen molar-refractivity contribution in [3.05, 3.63) is 77.2 Å². The van der Waals surface area contributed by atoms with E-state index in [4.69, 9.17) is 16.3 Å². The number of nitrogens with zero attached hydrogens (tertiary/aromatic N) is 6. The lowest BCUT2D eigenvalue weighted by Gasteiger charge is -2.15. The molecule has 2 N–H and O–H groups in total. The van der Waals surface area contributed by atoms with Crippen LogP contribution in [0.1, 0.15) is 28.9 Å². The van der Waals surface area contributed by atoms with Crippen molar-refractivity contribution in [1.29, 1.82) is 0 Å². The lowest BCUT2D eigenvalue weighted by atomic mass is 10.2. The van der Waals surface area contributed by atoms with E-state index in [9.17, 15) is 18.4 Å². The molecule has 0 spiro atoms. The van der Waals surface area contributed by atoms with Gasteiger partial charge in [-0.3, -0.25) is 14.8 Å². The topological polar surface area (TPSA) is 137 Å². The smallest absolute Gasteiger partial charge is 0.413 e. The monoisotopic (exact) mass is 514 g/mol. The molecule has 0 aromatic carbocycles. The second-order valence-electron chi connectivity index (χ2n) is 7.36. The third-order valence-corrected chi connectivity index (χ3v) is 5.08. The van der Waals surface area contributed by atoms with Gasteiger partial charge < -0.3 is 10.1 Å². The normalized spacial score (nSPS) is 11.6. The summed E-state index contributed by atoms with van der Waals surface area (Å²) in [5.41, 5.74) is 0.742. The van der Waals surface area contributed by atoms with Crippen LogP contribution in [0.4, 0.5) is 25.1 Å². The number of carbonyl (C=O) groups excluding carboxylic acids is 2. The molecule has 0 unspecified atom stereocenters. The molecule has 14 heteroatoms. The SMILES string of the molecule is C[C@@H](OC(=O)Nc1c(-c2ncc(NC(=O)c3ccc(Cl)nc3)cn2)cnn1C)c1cc(F)cnc1F. The molecule has 4 heterocycles. The van der Waals surface area contributed by atoms with E-state index in [2.05, 4.69) is 35.7 Å². The molecule has 0 fully saturated rings. The number of aromatic nitrogens is 6. The number of nitrogens with one attached hydrogen (secondary N) is 2. The lowest BCUT2D eigenvalue weighted by Crippen LogP contribution is -2.19. The fraction of sp³-hybridized carbons (Fsp3) is 0.136. The zero-order valence-electron chi connectivity index (χ0n) is 18.7. The molecule has 4 aromatic rings. The van der Waals surface area contributed by atoms with Gasteiger partial charge in [0.2, 0.25) is 5.95 Å². The molecule has 1 atom stereocenters. The fourth-order valence-corrected chi connectivity index (χ4v) is 3.18. The lowest BCUT2D eigenvalue weighted by molar-refractivity contribution is 0.102. The Balaban J connectivity index is 1.45. The van der Waals surface area contributed by atoms with Gasteiger partial charge in [0.05, 0.1) is 47.2 Å². The van der Waals surface area contributed by atoms with Gasteiger partial charge in [-0.2, -0.15) is 9.49 Å². The third-order valence-electron chi connectivity index (χ3n) is 4.85. The summed E-state index contributed by atoms with van der Waals surface area (Å²) >= 11 is 5.73. The maximum absolute atomic E-state index is 13.9. The van der Waals surface area contributed by atoms with Crippen LogP contribution in [-0.2, 0) is 11.8 Å². The van der Waals surface area contributed by atoms with Gasteiger partial charge in [0.1, 0.15) is 22.9 Å². The molecule has 0 aliphatic heterocycles. The van der Waals surface area contributed by atoms with Gasteiger partial charge in [-0.05, 0) is 25.1 Å². The quantitative estimate of drug-likeness (QED) is 0.366. The molecular weight excluding hydrogens is 498 g/mol. The van der Waals surface area contributed by atoms with Crippen LogP contribution in [0.3, 0.4) is 0 Å². The van der Waals surface area contributed by atoms with E-state index in [0.717, 1.165) is 12.3 Å². The van der Waals surface area contributed by atoms with Crippen molar-refractivity contribution in [2.24, 2.45) is 7.05 Å². The molecule has 0 saturated heterocycles. The molecule has 0 radical (unpaired) electrons. The third kappa shape index (κ3) is 5.58. The Morgan fingerprint density at radius 2 is 1.78 bits per heavy atom. The van der Waals surface area contributed by atoms with Crippen molar-refractivity contribution >= 4 is 35.1 Å². The Kier molecular flexibility index (Phi) is 7.10. The first-order chi connectivity index (χ1) is 17.2. The molecule has 4 rings (SSSR count). The Bertz CT molecular complexity index is 1410. The van der Waals surface area contributed by atoms with E-state index in [0.29, 0.717) is 16.8 Å². The number of pyridine rings is 2. The largest absolute Gasteiger partial charge is 0.441 e. The van der Waals surface area contributed by atoms with Crippen LogP contribution < -0.4 is 10.6 Å². The van der Waals surface area contributed by atoms with E-state index < -0.39 is 29.9 Å². The van der Waals surface area contributed by atoms with Crippen molar-refractivity contribution in [3.63, 3.8) is 0 Å². The van der Waals surface area contributed by atoms with E-state index in [1.807, 2.05) is 0 Å². The average Bonchev–Trinajstić information content (AvgIpc) is 3.21. The number of rotatable bonds is 6. The highest BCUT2D eigenvalue weighted by Gasteiger charge is 2.21. The molecule has 0 aliphatic rings. The summed E-state index contributed by atoms with van der Waals surface area (Å²) in [4.78, 5) is 40.3. The van der Waals surface area contributed by atoms with E-state index >= 15 is 0 Å². The molecular formula is C22H17ClF2N8O3. The van der Waals surface area contributed by atoms with Crippen molar-refractivity contribution in [2.75, 3.05) is 10.6 Å². The van der Waals surface area contributed by atoms with Crippen LogP contribution in [0.2, 0.25) is 5.15 Å². The Labute approximate surface area is 207 Å². The minimum absolute atomic E-state index is 0.189. The number of halogens is 3. The van der Waals surface area contributed by atoms with Gasteiger partial charge in [-0.1, -0.05) is 11.6 Å². The predicted molar refractivity (Wildman–Crippen MR) is 124 cm³/mol. The molecule has 2 amide bonds. The average molecular weight is 515 g/mol. The van der Waals surface area contributed by atoms with Crippen molar-refractivity contribution in [1.82, 2.24) is 29.7 Å². The number of aryl methyl sites for hydroxylation is 1. The van der Waals surface area contributed by atoms with Crippen LogP contribution in [-0.4, -0.2) is 41.7 Å². The summed E-state index contributed by atoms with van der Waals surface area (Å²) < 4.78 is 33.8. The molecule has 0 saturated carbocycles. The van der Waals surface area contributed by atoms with Crippen molar-refractivity contribution < 1.29 is 23.1 Å². The maximum Gasteiger partial charge on any atom is 0.413 e. The van der Waals surface area contributed by atoms with E-state index in [1.165, 1.54) is 48.5 Å². The van der Waals surface area contributed by atoms with Crippen LogP contribution in [0.5, 0.6) is 0 Å². The van der Waals surface area contributed by atoms with Crippen LogP contribution in [0.15, 0.2) is 49.2 Å². The van der Waals surface area contributed by atoms with E-state index in [-0.39, 0.29) is 22.4 Å². The summed E-state index contributed by atoms with van der Waals surface area (Å²) in [6, 6.07) is 3.91. The second-order valence-corrected chi connectivity index (χ2v) is 7.74. The molecule has 36 heavy (non-hydrogen) atoms. The Hall–Kier alpha value is -4.52. The number of carbonyl (C=O) groups is 2. The van der Waals surface area contributed by atoms with Crippen LogP contribution >= 0.6 is 11.6 Å². The van der Waals surface area contributed by atoms with Crippen LogP contribution in [0, 0.1) is 11.8 Å². The zero-order valence-corrected chi connectivity index (χ0v) is 19.5. The zero-order chi connectivity index (χ0) is 25.8. The van der Waals surface area contributed by atoms with Gasteiger partial charge in [-0.15, -0.1) is 0 Å².